The zero-order valence-corrected chi connectivity index (χ0v) is 15.2. The Morgan fingerprint density at radius 1 is 1.08 bits per heavy atom. The smallest absolute Gasteiger partial charge is 0.319 e. The number of carbonyl (C=O) groups excluding carboxylic acids is 3. The fourth-order valence-corrected chi connectivity index (χ4v) is 3.82. The Balaban J connectivity index is 1.81. The number of fused-ring (bicyclic) bond motifs is 1. The van der Waals surface area contributed by atoms with Gasteiger partial charge in [-0.05, 0) is 65.2 Å². The fraction of sp³-hybridized carbons (Fsp3) is 0.526. The highest BCUT2D eigenvalue weighted by atomic mass is 16.2. The lowest BCUT2D eigenvalue weighted by atomic mass is 9.98. The van der Waals surface area contributed by atoms with E-state index in [1.54, 1.807) is 18.2 Å². The van der Waals surface area contributed by atoms with Crippen molar-refractivity contribution in [3.05, 3.63) is 29.3 Å². The van der Waals surface area contributed by atoms with Gasteiger partial charge in [0.05, 0.1) is 11.1 Å². The minimum absolute atomic E-state index is 0.155. The Labute approximate surface area is 148 Å². The molecule has 0 radical (unpaired) electrons. The maximum atomic E-state index is 12.7. The van der Waals surface area contributed by atoms with Crippen molar-refractivity contribution in [3.63, 3.8) is 0 Å². The summed E-state index contributed by atoms with van der Waals surface area (Å²) in [5.41, 5.74) is 1.30. The van der Waals surface area contributed by atoms with Crippen LogP contribution in [0.25, 0.3) is 0 Å². The first-order valence-corrected chi connectivity index (χ1v) is 8.92. The van der Waals surface area contributed by atoms with E-state index in [9.17, 15) is 14.4 Å². The van der Waals surface area contributed by atoms with Gasteiger partial charge in [-0.15, -0.1) is 0 Å². The van der Waals surface area contributed by atoms with Crippen molar-refractivity contribution in [3.8, 4) is 0 Å². The number of rotatable bonds is 2. The maximum absolute atomic E-state index is 12.7. The molecule has 0 spiro atoms. The Bertz CT molecular complexity index is 719. The number of benzene rings is 1. The first-order chi connectivity index (χ1) is 11.8. The van der Waals surface area contributed by atoms with E-state index in [2.05, 4.69) is 19.2 Å². The molecule has 4 amide bonds. The molecular weight excluding hydrogens is 318 g/mol. The van der Waals surface area contributed by atoms with Crippen LogP contribution in [0.4, 0.5) is 10.5 Å². The molecule has 0 aliphatic carbocycles. The van der Waals surface area contributed by atoms with Crippen LogP contribution in [0.15, 0.2) is 18.2 Å². The van der Waals surface area contributed by atoms with Crippen molar-refractivity contribution in [2.24, 2.45) is 0 Å². The number of piperidine rings is 1. The van der Waals surface area contributed by atoms with Gasteiger partial charge < -0.3 is 10.2 Å². The molecule has 0 saturated carbocycles. The number of urea groups is 1. The minimum Gasteiger partial charge on any atom is -0.319 e. The van der Waals surface area contributed by atoms with Crippen LogP contribution in [0.3, 0.4) is 0 Å². The summed E-state index contributed by atoms with van der Waals surface area (Å²) >= 11 is 0. The molecule has 2 aliphatic rings. The average Bonchev–Trinajstić information content (AvgIpc) is 2.78. The van der Waals surface area contributed by atoms with E-state index < -0.39 is 0 Å². The molecule has 134 valence electrons. The molecule has 2 aliphatic heterocycles. The molecule has 1 aromatic carbocycles. The molecule has 0 bridgehead atoms. The van der Waals surface area contributed by atoms with Gasteiger partial charge in [-0.25, -0.2) is 4.79 Å². The fourth-order valence-electron chi connectivity index (χ4n) is 3.82. The average molecular weight is 343 g/mol. The number of anilines is 1. The Morgan fingerprint density at radius 3 is 2.28 bits per heavy atom. The van der Waals surface area contributed by atoms with Crippen LogP contribution in [0, 0.1) is 0 Å². The molecular formula is C19H25N3O3. The van der Waals surface area contributed by atoms with Crippen molar-refractivity contribution in [1.82, 2.24) is 9.80 Å². The monoisotopic (exact) mass is 343 g/mol. The lowest BCUT2D eigenvalue weighted by Crippen LogP contribution is -2.49. The molecule has 2 atom stereocenters. The van der Waals surface area contributed by atoms with Crippen molar-refractivity contribution < 1.29 is 14.4 Å². The van der Waals surface area contributed by atoms with Gasteiger partial charge in [-0.3, -0.25) is 14.5 Å². The van der Waals surface area contributed by atoms with Crippen LogP contribution >= 0.6 is 0 Å². The largest absolute Gasteiger partial charge is 0.322 e. The van der Waals surface area contributed by atoms with Crippen molar-refractivity contribution in [2.75, 3.05) is 5.32 Å². The molecule has 1 fully saturated rings. The molecule has 6 heteroatoms. The van der Waals surface area contributed by atoms with E-state index in [-0.39, 0.29) is 36.0 Å². The summed E-state index contributed by atoms with van der Waals surface area (Å²) in [6.45, 7) is 7.73. The molecule has 25 heavy (non-hydrogen) atoms. The van der Waals surface area contributed by atoms with E-state index in [0.717, 1.165) is 19.3 Å². The van der Waals surface area contributed by atoms with E-state index >= 15 is 0 Å². The first-order valence-electron chi connectivity index (χ1n) is 8.92. The topological polar surface area (TPSA) is 69.7 Å². The number of imide groups is 1. The Hall–Kier alpha value is -2.37. The zero-order chi connectivity index (χ0) is 18.3. The van der Waals surface area contributed by atoms with Gasteiger partial charge in [0.1, 0.15) is 0 Å². The third kappa shape index (κ3) is 3.01. The number of nitrogens with zero attached hydrogens (tertiary/aromatic N) is 2. The summed E-state index contributed by atoms with van der Waals surface area (Å²) in [7, 11) is 0. The highest BCUT2D eigenvalue weighted by Gasteiger charge is 2.37. The van der Waals surface area contributed by atoms with Crippen LogP contribution in [-0.2, 0) is 0 Å². The number of hydrogen-bond donors (Lipinski definition) is 1. The summed E-state index contributed by atoms with van der Waals surface area (Å²) in [6.07, 6.45) is 3.13. The van der Waals surface area contributed by atoms with Crippen LogP contribution in [0.2, 0.25) is 0 Å². The number of hydrogen-bond acceptors (Lipinski definition) is 3. The summed E-state index contributed by atoms with van der Waals surface area (Å²) in [5.74, 6) is -0.572. The van der Waals surface area contributed by atoms with Crippen LogP contribution < -0.4 is 5.32 Å². The summed E-state index contributed by atoms with van der Waals surface area (Å²) in [6, 6.07) is 4.95. The summed E-state index contributed by atoms with van der Waals surface area (Å²) < 4.78 is 0. The van der Waals surface area contributed by atoms with Crippen LogP contribution in [-0.4, -0.2) is 45.8 Å². The van der Waals surface area contributed by atoms with E-state index in [1.807, 2.05) is 18.7 Å². The third-order valence-corrected chi connectivity index (χ3v) is 5.11. The number of likely N-dealkylation sites (tertiary alicyclic amines) is 1. The minimum atomic E-state index is -0.300. The van der Waals surface area contributed by atoms with Gasteiger partial charge in [0.2, 0.25) is 0 Å². The second-order valence-electron chi connectivity index (χ2n) is 7.30. The quantitative estimate of drug-likeness (QED) is 0.836. The second-order valence-corrected chi connectivity index (χ2v) is 7.30. The van der Waals surface area contributed by atoms with Gasteiger partial charge in [0.25, 0.3) is 11.8 Å². The molecule has 1 saturated heterocycles. The standard InChI is InChI=1S/C19H25N3O3/c1-11(2)21-17(23)15-9-8-14(10-16(15)18(21)24)20-19(25)22-12(3)6-5-7-13(22)4/h8-13H,5-7H2,1-4H3,(H,20,25). The van der Waals surface area contributed by atoms with Crippen molar-refractivity contribution in [2.45, 2.75) is 65.1 Å². The molecule has 6 nitrogen and oxygen atoms in total. The van der Waals surface area contributed by atoms with Gasteiger partial charge in [0.15, 0.2) is 0 Å². The Morgan fingerprint density at radius 2 is 1.68 bits per heavy atom. The van der Waals surface area contributed by atoms with Crippen LogP contribution in [0.1, 0.15) is 67.7 Å². The van der Waals surface area contributed by atoms with Gasteiger partial charge in [-0.2, -0.15) is 0 Å². The number of amides is 4. The van der Waals surface area contributed by atoms with E-state index in [1.165, 1.54) is 4.90 Å². The zero-order valence-electron chi connectivity index (χ0n) is 15.2. The summed E-state index contributed by atoms with van der Waals surface area (Å²) in [4.78, 5) is 40.6. The predicted octanol–water partition coefficient (Wildman–Crippen LogP) is 3.49. The molecule has 0 aromatic heterocycles. The van der Waals surface area contributed by atoms with Crippen molar-refractivity contribution in [1.29, 1.82) is 0 Å². The van der Waals surface area contributed by atoms with Crippen molar-refractivity contribution >= 4 is 23.5 Å². The highest BCUT2D eigenvalue weighted by molar-refractivity contribution is 6.22. The normalized spacial score (nSPS) is 23.2. The van der Waals surface area contributed by atoms with E-state index in [0.29, 0.717) is 16.8 Å². The number of carbonyl (C=O) groups is 3. The molecule has 2 unspecified atom stereocenters. The second kappa shape index (κ2) is 6.50. The molecule has 2 heterocycles. The SMILES string of the molecule is CC(C)N1C(=O)c2ccc(NC(=O)N3C(C)CCCC3C)cc2C1=O. The lowest BCUT2D eigenvalue weighted by Gasteiger charge is -2.38. The van der Waals surface area contributed by atoms with Gasteiger partial charge in [0, 0.05) is 23.8 Å². The van der Waals surface area contributed by atoms with Gasteiger partial charge in [-0.1, -0.05) is 0 Å². The lowest BCUT2D eigenvalue weighted by molar-refractivity contribution is 0.0609. The summed E-state index contributed by atoms with van der Waals surface area (Å²) in [5, 5.41) is 2.89. The molecule has 1 aromatic rings. The van der Waals surface area contributed by atoms with Gasteiger partial charge >= 0.3 is 6.03 Å². The first kappa shape index (κ1) is 17.5. The maximum Gasteiger partial charge on any atom is 0.322 e. The highest BCUT2D eigenvalue weighted by Crippen LogP contribution is 2.28. The number of nitrogens with one attached hydrogen (secondary N) is 1. The Kier molecular flexibility index (Phi) is 4.54. The molecule has 1 N–H and O–H groups in total. The van der Waals surface area contributed by atoms with Crippen LogP contribution in [0.5, 0.6) is 0 Å². The predicted molar refractivity (Wildman–Crippen MR) is 95.7 cm³/mol. The molecule has 3 rings (SSSR count). The third-order valence-electron chi connectivity index (χ3n) is 5.11. The van der Waals surface area contributed by atoms with E-state index in [4.69, 9.17) is 0 Å².